The predicted octanol–water partition coefficient (Wildman–Crippen LogP) is -0.824. The molecule has 21 heteroatoms. The van der Waals surface area contributed by atoms with Crippen LogP contribution in [0.5, 0.6) is 28.7 Å². The number of hydrogen-bond donors (Lipinski definition) is 10. The van der Waals surface area contributed by atoms with Crippen molar-refractivity contribution in [2.75, 3.05) is 13.2 Å². The normalized spacial score (nSPS) is 26.7. The van der Waals surface area contributed by atoms with E-state index in [0.717, 1.165) is 18.2 Å². The molecule has 60 heavy (non-hydrogen) atoms. The zero-order valence-electron chi connectivity index (χ0n) is 30.8. The molecule has 1 aliphatic carbocycles. The lowest BCUT2D eigenvalue weighted by Crippen LogP contribution is -2.60. The number of esters is 2. The molecule has 6 rings (SSSR count). The molecule has 3 heterocycles. The minimum absolute atomic E-state index is 0.0712. The number of fused-ring (bicyclic) bond motifs is 1. The highest BCUT2D eigenvalue weighted by Gasteiger charge is 2.47. The number of aliphatic hydroxyl groups is 6. The number of aliphatic hydroxyl groups excluding tert-OH is 6. The van der Waals surface area contributed by atoms with E-state index >= 15 is 0 Å². The van der Waals surface area contributed by atoms with Crippen molar-refractivity contribution in [3.05, 3.63) is 82.5 Å². The molecule has 10 atom stereocenters. The molecule has 0 spiro atoms. The van der Waals surface area contributed by atoms with Crippen molar-refractivity contribution in [3.63, 3.8) is 0 Å². The third-order valence-electron chi connectivity index (χ3n) is 9.25. The van der Waals surface area contributed by atoms with Crippen LogP contribution in [0.25, 0.3) is 28.7 Å². The van der Waals surface area contributed by atoms with Crippen molar-refractivity contribution < 1.29 is 98.3 Å². The van der Waals surface area contributed by atoms with Crippen LogP contribution < -0.4 is 14.9 Å². The topological polar surface area (TPSA) is 339 Å². The number of hydrogen-bond acceptors (Lipinski definition) is 20. The first kappa shape index (κ1) is 43.3. The number of rotatable bonds is 13. The molecule has 10 N–H and O–H groups in total. The Morgan fingerprint density at radius 3 is 1.87 bits per heavy atom. The van der Waals surface area contributed by atoms with E-state index in [9.17, 15) is 65.1 Å². The van der Waals surface area contributed by atoms with Gasteiger partial charge in [-0.2, -0.15) is 0 Å². The summed E-state index contributed by atoms with van der Waals surface area (Å²) in [5.74, 6) is -5.51. The lowest BCUT2D eigenvalue weighted by Gasteiger charge is -2.40. The Kier molecular flexibility index (Phi) is 13.2. The molecule has 3 aliphatic heterocycles. The van der Waals surface area contributed by atoms with Crippen LogP contribution in [0.4, 0.5) is 0 Å². The second kappa shape index (κ2) is 18.3. The number of ether oxygens (including phenoxy) is 6. The van der Waals surface area contributed by atoms with Crippen LogP contribution in [0.15, 0.2) is 76.0 Å². The SMILES string of the molecule is O=C(O)CC(=O)OCC1OC(Oc2cc(=O)cc3oc(-c4ccc(O)cc4)c(OC4OC(COC(=O)C=Cc5ccc(O)c(O)c5)C(O)C(O)C4O)cc2-3)C(O)C(O)C1O. The number of carboxylic acid groups (broad SMARTS) is 1. The highest BCUT2D eigenvalue weighted by Crippen LogP contribution is 2.43. The molecule has 0 amide bonds. The standard InChI is InChI=1S/C39H38O21/c40-18-5-3-17(4-6-18)37-25(58-39-36(53)34(51)31(48)26(60-39)14-54-29(46)8-2-16-1-7-21(42)22(43)9-16)12-20-23(56-37)10-19(41)11-24(20)57-38-35(52)33(50)32(49)27(59-38)15-55-30(47)13-28(44)45/h1-12,26-27,31-36,38-40,42-43,48-53H,13-15H2,(H,44,45). The second-order valence-corrected chi connectivity index (χ2v) is 13.6. The van der Waals surface area contributed by atoms with Gasteiger partial charge in [-0.15, -0.1) is 0 Å². The molecule has 320 valence electrons. The second-order valence-electron chi connectivity index (χ2n) is 13.6. The van der Waals surface area contributed by atoms with Crippen molar-refractivity contribution in [3.8, 4) is 51.4 Å². The Balaban J connectivity index is 1.28. The maximum atomic E-state index is 12.9. The van der Waals surface area contributed by atoms with Gasteiger partial charge in [-0.3, -0.25) is 14.4 Å². The van der Waals surface area contributed by atoms with E-state index in [1.807, 2.05) is 0 Å². The number of carbonyl (C=O) groups excluding carboxylic acids is 2. The quantitative estimate of drug-likeness (QED) is 0.0340. The molecule has 0 radical (unpaired) electrons. The summed E-state index contributed by atoms with van der Waals surface area (Å²) in [7, 11) is 0. The smallest absolute Gasteiger partial charge is 0.330 e. The van der Waals surface area contributed by atoms with E-state index in [4.69, 9.17) is 37.9 Å². The number of aromatic hydroxyl groups is 3. The van der Waals surface area contributed by atoms with Gasteiger partial charge in [-0.25, -0.2) is 4.79 Å². The van der Waals surface area contributed by atoms with E-state index < -0.39 is 110 Å². The molecule has 0 saturated carbocycles. The van der Waals surface area contributed by atoms with Crippen LogP contribution in [0, 0.1) is 0 Å². The average Bonchev–Trinajstić information content (AvgIpc) is 3.20. The van der Waals surface area contributed by atoms with E-state index in [1.165, 1.54) is 54.6 Å². The Bertz CT molecular complexity index is 2240. The van der Waals surface area contributed by atoms with Crippen molar-refractivity contribution in [1.82, 2.24) is 0 Å². The fourth-order valence-electron chi connectivity index (χ4n) is 6.08. The Labute approximate surface area is 337 Å². The summed E-state index contributed by atoms with van der Waals surface area (Å²) >= 11 is 0. The maximum Gasteiger partial charge on any atom is 0.330 e. The Morgan fingerprint density at radius 2 is 1.27 bits per heavy atom. The highest BCUT2D eigenvalue weighted by atomic mass is 16.7. The molecule has 0 aromatic heterocycles. The molecule has 2 aromatic carbocycles. The fourth-order valence-corrected chi connectivity index (χ4v) is 6.08. The minimum Gasteiger partial charge on any atom is -0.508 e. The van der Waals surface area contributed by atoms with Crippen LogP contribution in [0.1, 0.15) is 12.0 Å². The monoisotopic (exact) mass is 842 g/mol. The van der Waals surface area contributed by atoms with Crippen molar-refractivity contribution in [2.45, 2.75) is 67.8 Å². The number of phenols is 3. The lowest BCUT2D eigenvalue weighted by molar-refractivity contribution is -0.278. The molecule has 2 fully saturated rings. The molecule has 2 saturated heterocycles. The summed E-state index contributed by atoms with van der Waals surface area (Å²) in [5, 5.41) is 102. The van der Waals surface area contributed by atoms with Crippen LogP contribution in [0.3, 0.4) is 0 Å². The summed E-state index contributed by atoms with van der Waals surface area (Å²) in [6.07, 6.45) is -17.0. The molecule has 10 unspecified atom stereocenters. The number of carbonyl (C=O) groups is 3. The third-order valence-corrected chi connectivity index (χ3v) is 9.25. The van der Waals surface area contributed by atoms with Gasteiger partial charge in [0.25, 0.3) is 0 Å². The summed E-state index contributed by atoms with van der Waals surface area (Å²) in [6, 6.07) is 12.4. The van der Waals surface area contributed by atoms with Gasteiger partial charge in [0.1, 0.15) is 85.7 Å². The van der Waals surface area contributed by atoms with E-state index in [2.05, 4.69) is 0 Å². The van der Waals surface area contributed by atoms with Gasteiger partial charge in [0.15, 0.2) is 28.4 Å². The summed E-state index contributed by atoms with van der Waals surface area (Å²) < 4.78 is 39.2. The zero-order chi connectivity index (χ0) is 43.4. The number of phenolic OH excluding ortho intramolecular Hbond substituents is 3. The van der Waals surface area contributed by atoms with Gasteiger partial charge < -0.3 is 83.9 Å². The Hall–Kier alpha value is -6.30. The van der Waals surface area contributed by atoms with Crippen molar-refractivity contribution in [1.29, 1.82) is 0 Å². The third kappa shape index (κ3) is 9.93. The highest BCUT2D eigenvalue weighted by molar-refractivity contribution is 5.90. The average molecular weight is 843 g/mol. The van der Waals surface area contributed by atoms with Crippen molar-refractivity contribution >= 4 is 24.0 Å². The minimum atomic E-state index is -1.97. The summed E-state index contributed by atoms with van der Waals surface area (Å²) in [6.45, 7) is -1.44. The van der Waals surface area contributed by atoms with Gasteiger partial charge in [-0.05, 0) is 54.1 Å². The summed E-state index contributed by atoms with van der Waals surface area (Å²) in [4.78, 5) is 48.0. The van der Waals surface area contributed by atoms with Gasteiger partial charge in [0, 0.05) is 23.8 Å². The Morgan fingerprint density at radius 1 is 0.667 bits per heavy atom. The molecular weight excluding hydrogens is 804 g/mol. The maximum absolute atomic E-state index is 12.9. The first-order valence-corrected chi connectivity index (χ1v) is 17.9. The molecular formula is C39H38O21. The summed E-state index contributed by atoms with van der Waals surface area (Å²) in [5.41, 5.74) is -0.211. The number of carboxylic acids is 1. The molecule has 21 nitrogen and oxygen atoms in total. The van der Waals surface area contributed by atoms with Gasteiger partial charge in [0.05, 0.1) is 5.56 Å². The van der Waals surface area contributed by atoms with Crippen LogP contribution >= 0.6 is 0 Å². The van der Waals surface area contributed by atoms with E-state index in [1.54, 1.807) is 0 Å². The number of aliphatic carboxylic acids is 1. The van der Waals surface area contributed by atoms with E-state index in [-0.39, 0.29) is 45.6 Å². The van der Waals surface area contributed by atoms with Gasteiger partial charge in [0.2, 0.25) is 12.6 Å². The zero-order valence-corrected chi connectivity index (χ0v) is 30.8. The first-order chi connectivity index (χ1) is 28.5. The lowest BCUT2D eigenvalue weighted by atomic mass is 9.99. The van der Waals surface area contributed by atoms with Crippen molar-refractivity contribution in [2.24, 2.45) is 0 Å². The van der Waals surface area contributed by atoms with Gasteiger partial charge >= 0.3 is 17.9 Å². The van der Waals surface area contributed by atoms with Crippen LogP contribution in [-0.4, -0.2) is 144 Å². The molecule has 0 bridgehead atoms. The molecule has 4 aliphatic rings. The number of benzene rings is 3. The predicted molar refractivity (Wildman–Crippen MR) is 196 cm³/mol. The fraction of sp³-hybridized carbons (Fsp3) is 0.333. The van der Waals surface area contributed by atoms with E-state index in [0.29, 0.717) is 5.56 Å². The van der Waals surface area contributed by atoms with Crippen LogP contribution in [0.2, 0.25) is 0 Å². The molecule has 2 aromatic rings. The van der Waals surface area contributed by atoms with Gasteiger partial charge in [-0.1, -0.05) is 6.07 Å². The first-order valence-electron chi connectivity index (χ1n) is 17.9. The van der Waals surface area contributed by atoms with Crippen LogP contribution in [-0.2, 0) is 33.3 Å². The largest absolute Gasteiger partial charge is 0.508 e.